The molecule has 0 bridgehead atoms. The Labute approximate surface area is 163 Å². The normalized spacial score (nSPS) is 22.2. The number of hydrogen-bond donors (Lipinski definition) is 0. The van der Waals surface area contributed by atoms with E-state index in [0.29, 0.717) is 23.4 Å². The smallest absolute Gasteiger partial charge is 0.254 e. The first kappa shape index (κ1) is 18.5. The molecule has 2 aromatic heterocycles. The zero-order valence-corrected chi connectivity index (χ0v) is 16.4. The molecule has 3 aromatic rings. The number of nitriles is 1. The molecule has 1 fully saturated rings. The summed E-state index contributed by atoms with van der Waals surface area (Å²) in [5.74, 6) is -0.120. The van der Waals surface area contributed by atoms with Gasteiger partial charge in [-0.1, -0.05) is 15.3 Å². The summed E-state index contributed by atoms with van der Waals surface area (Å²) in [5.41, 5.74) is 2.30. The quantitative estimate of drug-likeness (QED) is 0.621. The summed E-state index contributed by atoms with van der Waals surface area (Å²) in [7, 11) is 2.23. The van der Waals surface area contributed by atoms with Crippen LogP contribution in [0, 0.1) is 18.3 Å². The Morgan fingerprint density at radius 2 is 2.25 bits per heavy atom. The highest BCUT2D eigenvalue weighted by Crippen LogP contribution is 2.39. The van der Waals surface area contributed by atoms with Crippen LogP contribution < -0.4 is 0 Å². The molecule has 7 nitrogen and oxygen atoms in total. The molecule has 3 atom stereocenters. The molecule has 1 aromatic carbocycles. The summed E-state index contributed by atoms with van der Waals surface area (Å²) in [6, 6.07) is 10.3. The number of hydrogen-bond acceptors (Lipinski definition) is 5. The van der Waals surface area contributed by atoms with Gasteiger partial charge in [0.25, 0.3) is 11.7 Å². The van der Waals surface area contributed by atoms with Gasteiger partial charge in [-0.15, -0.1) is 0 Å². The van der Waals surface area contributed by atoms with Gasteiger partial charge in [-0.25, -0.2) is 13.9 Å². The fourth-order valence-electron chi connectivity index (χ4n) is 3.69. The van der Waals surface area contributed by atoms with E-state index in [1.165, 1.54) is 17.3 Å². The summed E-state index contributed by atoms with van der Waals surface area (Å²) in [4.78, 5) is 23.0. The number of piperidine rings is 1. The van der Waals surface area contributed by atoms with Crippen LogP contribution in [0.3, 0.4) is 0 Å². The number of nitrogens with zero attached hydrogens (tertiary/aromatic N) is 6. The van der Waals surface area contributed by atoms with E-state index < -0.39 is 5.41 Å². The highest BCUT2D eigenvalue weighted by molar-refractivity contribution is 7.18. The van der Waals surface area contributed by atoms with Crippen LogP contribution in [0.5, 0.6) is 0 Å². The number of rotatable bonds is 2. The van der Waals surface area contributed by atoms with Crippen LogP contribution in [0.2, 0.25) is 0 Å². The van der Waals surface area contributed by atoms with E-state index in [1.807, 2.05) is 19.1 Å². The van der Waals surface area contributed by atoms with Crippen molar-refractivity contribution in [3.8, 4) is 6.07 Å². The second-order valence-electron chi connectivity index (χ2n) is 7.11. The number of likely N-dealkylation sites (tertiary alicyclic amines) is 1. The Morgan fingerprint density at radius 3 is 3.04 bits per heavy atom. The van der Waals surface area contributed by atoms with Crippen LogP contribution in [0.1, 0.15) is 39.6 Å². The minimum atomic E-state index is -1.63. The maximum absolute atomic E-state index is 15.2. The van der Waals surface area contributed by atoms with Gasteiger partial charge < -0.3 is 4.90 Å². The molecule has 0 aliphatic carbocycles. The molecule has 9 heteroatoms. The zero-order valence-electron chi connectivity index (χ0n) is 15.2. The minimum absolute atomic E-state index is 0.0334. The van der Waals surface area contributed by atoms with Crippen LogP contribution in [0.25, 0.3) is 5.78 Å². The van der Waals surface area contributed by atoms with E-state index >= 15 is 4.39 Å². The molecule has 3 unspecified atom stereocenters. The monoisotopic (exact) mass is 396 g/mol. The van der Waals surface area contributed by atoms with Crippen molar-refractivity contribution in [2.24, 2.45) is 0 Å². The molecule has 1 saturated heterocycles. The SMILES string of the molecule is Cc1cc(C2CN(C(=O)c3cccc(C#N)c3)CC(F)(P)C2)n2ncnc2n1. The van der Waals surface area contributed by atoms with Crippen molar-refractivity contribution in [1.82, 2.24) is 24.5 Å². The van der Waals surface area contributed by atoms with Gasteiger partial charge in [-0.3, -0.25) is 4.79 Å². The van der Waals surface area contributed by atoms with Crippen LogP contribution in [0.4, 0.5) is 4.39 Å². The number of aromatic nitrogens is 4. The molecule has 142 valence electrons. The fraction of sp³-hybridized carbons (Fsp3) is 0.316. The van der Waals surface area contributed by atoms with Gasteiger partial charge in [0.15, 0.2) is 0 Å². The maximum atomic E-state index is 15.2. The molecule has 1 aliphatic heterocycles. The van der Waals surface area contributed by atoms with Crippen molar-refractivity contribution in [3.05, 3.63) is 59.2 Å². The Kier molecular flexibility index (Phi) is 4.56. The van der Waals surface area contributed by atoms with E-state index in [2.05, 4.69) is 24.3 Å². The van der Waals surface area contributed by atoms with Crippen molar-refractivity contribution in [2.45, 2.75) is 24.7 Å². The van der Waals surface area contributed by atoms with Gasteiger partial charge in [-0.2, -0.15) is 15.3 Å². The van der Waals surface area contributed by atoms with Crippen LogP contribution in [-0.2, 0) is 0 Å². The lowest BCUT2D eigenvalue weighted by Gasteiger charge is -2.40. The number of carbonyl (C=O) groups is 1. The highest BCUT2D eigenvalue weighted by atomic mass is 31.0. The second-order valence-corrected chi connectivity index (χ2v) is 8.14. The first-order valence-electron chi connectivity index (χ1n) is 8.81. The average Bonchev–Trinajstić information content (AvgIpc) is 3.13. The van der Waals surface area contributed by atoms with E-state index in [9.17, 15) is 4.79 Å². The van der Waals surface area contributed by atoms with Crippen LogP contribution in [0.15, 0.2) is 36.7 Å². The Balaban J connectivity index is 1.70. The molecule has 1 aliphatic rings. The summed E-state index contributed by atoms with van der Waals surface area (Å²) in [6.45, 7) is 2.16. The lowest BCUT2D eigenvalue weighted by molar-refractivity contribution is 0.0543. The summed E-state index contributed by atoms with van der Waals surface area (Å²) >= 11 is 0. The van der Waals surface area contributed by atoms with E-state index in [1.54, 1.807) is 22.7 Å². The molecule has 0 spiro atoms. The first-order chi connectivity index (χ1) is 13.4. The van der Waals surface area contributed by atoms with Gasteiger partial charge >= 0.3 is 0 Å². The molecule has 3 heterocycles. The van der Waals surface area contributed by atoms with Gasteiger partial charge in [-0.05, 0) is 37.6 Å². The fourth-order valence-corrected chi connectivity index (χ4v) is 4.20. The molecule has 28 heavy (non-hydrogen) atoms. The Morgan fingerprint density at radius 1 is 1.43 bits per heavy atom. The first-order valence-corrected chi connectivity index (χ1v) is 9.38. The predicted octanol–water partition coefficient (Wildman–Crippen LogP) is 2.48. The van der Waals surface area contributed by atoms with Crippen molar-refractivity contribution in [3.63, 3.8) is 0 Å². The third kappa shape index (κ3) is 3.46. The van der Waals surface area contributed by atoms with E-state index in [-0.39, 0.29) is 24.8 Å². The molecular weight excluding hydrogens is 378 g/mol. The van der Waals surface area contributed by atoms with E-state index in [4.69, 9.17) is 5.26 Å². The number of aryl methyl sites for hydroxylation is 1. The standard InChI is InChI=1S/C19H18FN6OP/c1-12-5-16(26-18(24-12)22-11-23-26)15-7-19(20,28)10-25(9-15)17(27)14-4-2-3-13(6-14)8-21/h2-6,11,15H,7,9-10,28H2,1H3. The molecule has 1 amide bonds. The molecule has 4 rings (SSSR count). The molecule has 0 saturated carbocycles. The number of amides is 1. The number of benzene rings is 1. The van der Waals surface area contributed by atoms with Crippen LogP contribution in [-0.4, -0.2) is 48.9 Å². The second kappa shape index (κ2) is 6.92. The summed E-state index contributed by atoms with van der Waals surface area (Å²) in [5, 5.41) is 11.7. The number of halogens is 1. The highest BCUT2D eigenvalue weighted by Gasteiger charge is 2.40. The largest absolute Gasteiger partial charge is 0.334 e. The average molecular weight is 396 g/mol. The van der Waals surface area contributed by atoms with Gasteiger partial charge in [0.05, 0.1) is 23.9 Å². The summed E-state index contributed by atoms with van der Waals surface area (Å²) in [6.07, 6.45) is 1.64. The van der Waals surface area contributed by atoms with Gasteiger partial charge in [0.1, 0.15) is 11.7 Å². The Hall–Kier alpha value is -2.91. The molecule has 0 N–H and O–H groups in total. The van der Waals surface area contributed by atoms with Crippen molar-refractivity contribution in [1.29, 1.82) is 5.26 Å². The third-order valence-electron chi connectivity index (χ3n) is 4.83. The van der Waals surface area contributed by atoms with Crippen molar-refractivity contribution >= 4 is 20.9 Å². The van der Waals surface area contributed by atoms with Crippen LogP contribution >= 0.6 is 9.24 Å². The summed E-state index contributed by atoms with van der Waals surface area (Å²) < 4.78 is 16.8. The van der Waals surface area contributed by atoms with Gasteiger partial charge in [0.2, 0.25) is 0 Å². The molecule has 0 radical (unpaired) electrons. The minimum Gasteiger partial charge on any atom is -0.334 e. The number of carbonyl (C=O) groups excluding carboxylic acids is 1. The number of alkyl halides is 1. The lowest BCUT2D eigenvalue weighted by atomic mass is 9.92. The predicted molar refractivity (Wildman–Crippen MR) is 103 cm³/mol. The van der Waals surface area contributed by atoms with Crippen molar-refractivity contribution in [2.75, 3.05) is 13.1 Å². The number of fused-ring (bicyclic) bond motifs is 1. The van der Waals surface area contributed by atoms with Crippen molar-refractivity contribution < 1.29 is 9.18 Å². The topological polar surface area (TPSA) is 87.2 Å². The molecular formula is C19H18FN6OP. The lowest BCUT2D eigenvalue weighted by Crippen LogP contribution is -2.48. The Bertz CT molecular complexity index is 1110. The third-order valence-corrected chi connectivity index (χ3v) is 5.25. The van der Waals surface area contributed by atoms with E-state index in [0.717, 1.165) is 11.4 Å². The van der Waals surface area contributed by atoms with Gasteiger partial charge in [0, 0.05) is 23.7 Å². The maximum Gasteiger partial charge on any atom is 0.254 e. The zero-order chi connectivity index (χ0) is 19.9.